The van der Waals surface area contributed by atoms with Gasteiger partial charge in [-0.2, -0.15) is 0 Å². The number of hydrogen-bond donors (Lipinski definition) is 4. The molecule has 1 rings (SSSR count). The Bertz CT molecular complexity index is 449. The molecule has 6 N–H and O–H groups in total. The SMILES string of the molecule is CCCc1nc(NN)c(C)c(NCCCCC(N)=O)n1. The summed E-state index contributed by atoms with van der Waals surface area (Å²) in [6, 6.07) is 0. The molecule has 0 atom stereocenters. The zero-order valence-corrected chi connectivity index (χ0v) is 12.2. The Morgan fingerprint density at radius 3 is 2.55 bits per heavy atom. The zero-order valence-electron chi connectivity index (χ0n) is 12.2. The lowest BCUT2D eigenvalue weighted by atomic mass is 10.2. The van der Waals surface area contributed by atoms with Gasteiger partial charge < -0.3 is 16.5 Å². The molecule has 7 nitrogen and oxygen atoms in total. The lowest BCUT2D eigenvalue weighted by Crippen LogP contribution is -2.15. The van der Waals surface area contributed by atoms with Gasteiger partial charge in [-0.3, -0.25) is 4.79 Å². The van der Waals surface area contributed by atoms with Crippen LogP contribution in [0.2, 0.25) is 0 Å². The molecule has 0 bridgehead atoms. The van der Waals surface area contributed by atoms with Crippen LogP contribution in [0.3, 0.4) is 0 Å². The van der Waals surface area contributed by atoms with E-state index < -0.39 is 0 Å². The van der Waals surface area contributed by atoms with Crippen LogP contribution in [-0.4, -0.2) is 22.4 Å². The van der Waals surface area contributed by atoms with Gasteiger partial charge >= 0.3 is 0 Å². The number of rotatable bonds is 9. The van der Waals surface area contributed by atoms with Crippen molar-refractivity contribution in [3.8, 4) is 0 Å². The first-order chi connectivity index (χ1) is 9.58. The summed E-state index contributed by atoms with van der Waals surface area (Å²) in [4.78, 5) is 19.5. The third kappa shape index (κ3) is 5.00. The number of hydrazine groups is 1. The summed E-state index contributed by atoms with van der Waals surface area (Å²) in [6.07, 6.45) is 3.84. The summed E-state index contributed by atoms with van der Waals surface area (Å²) in [5.74, 6) is 7.41. The molecule has 20 heavy (non-hydrogen) atoms. The Kier molecular flexibility index (Phi) is 6.72. The van der Waals surface area contributed by atoms with Crippen molar-refractivity contribution in [1.82, 2.24) is 9.97 Å². The second-order valence-electron chi connectivity index (χ2n) is 4.71. The van der Waals surface area contributed by atoms with Crippen LogP contribution < -0.4 is 22.3 Å². The average Bonchev–Trinajstić information content (AvgIpc) is 2.41. The molecule has 1 amide bonds. The summed E-state index contributed by atoms with van der Waals surface area (Å²) in [5, 5.41) is 3.26. The first-order valence-electron chi connectivity index (χ1n) is 6.94. The second kappa shape index (κ2) is 8.31. The van der Waals surface area contributed by atoms with Gasteiger partial charge in [-0.15, -0.1) is 0 Å². The van der Waals surface area contributed by atoms with E-state index in [1.807, 2.05) is 6.92 Å². The number of primary amides is 1. The van der Waals surface area contributed by atoms with Crippen LogP contribution in [-0.2, 0) is 11.2 Å². The Labute approximate surface area is 119 Å². The Hall–Kier alpha value is -1.89. The van der Waals surface area contributed by atoms with Crippen LogP contribution in [0.4, 0.5) is 11.6 Å². The van der Waals surface area contributed by atoms with Crippen molar-refractivity contribution in [2.45, 2.75) is 46.0 Å². The maximum absolute atomic E-state index is 10.6. The molecule has 112 valence electrons. The standard InChI is InChI=1S/C13H24N6O/c1-3-6-11-17-12(9(2)13(18-11)19-15)16-8-5-4-7-10(14)20/h3-8,15H2,1-2H3,(H2,14,20)(H2,16,17,18,19). The van der Waals surface area contributed by atoms with Gasteiger partial charge in [-0.1, -0.05) is 6.92 Å². The maximum Gasteiger partial charge on any atom is 0.217 e. The molecule has 1 aromatic rings. The van der Waals surface area contributed by atoms with Crippen molar-refractivity contribution in [2.24, 2.45) is 11.6 Å². The summed E-state index contributed by atoms with van der Waals surface area (Å²) in [5.41, 5.74) is 8.59. The molecule has 0 saturated carbocycles. The predicted molar refractivity (Wildman–Crippen MR) is 80.1 cm³/mol. The highest BCUT2D eigenvalue weighted by Crippen LogP contribution is 2.19. The number of aromatic nitrogens is 2. The fraction of sp³-hybridized carbons (Fsp3) is 0.615. The molecular formula is C13H24N6O. The molecule has 0 spiro atoms. The van der Waals surface area contributed by atoms with E-state index in [0.717, 1.165) is 49.4 Å². The molecule has 0 aliphatic carbocycles. The van der Waals surface area contributed by atoms with Crippen molar-refractivity contribution >= 4 is 17.5 Å². The minimum atomic E-state index is -0.261. The number of carbonyl (C=O) groups is 1. The Morgan fingerprint density at radius 1 is 1.25 bits per heavy atom. The topological polar surface area (TPSA) is 119 Å². The zero-order chi connectivity index (χ0) is 15.0. The molecule has 1 heterocycles. The Balaban J connectivity index is 2.63. The van der Waals surface area contributed by atoms with Crippen molar-refractivity contribution in [2.75, 3.05) is 17.3 Å². The van der Waals surface area contributed by atoms with E-state index in [0.29, 0.717) is 12.2 Å². The number of anilines is 2. The molecule has 0 radical (unpaired) electrons. The van der Waals surface area contributed by atoms with E-state index in [2.05, 4.69) is 27.6 Å². The third-order valence-electron chi connectivity index (χ3n) is 2.94. The molecule has 0 fully saturated rings. The number of nitrogen functional groups attached to an aromatic ring is 1. The molecule has 0 aliphatic rings. The fourth-order valence-corrected chi connectivity index (χ4v) is 1.84. The second-order valence-corrected chi connectivity index (χ2v) is 4.71. The smallest absolute Gasteiger partial charge is 0.217 e. The van der Waals surface area contributed by atoms with Crippen LogP contribution >= 0.6 is 0 Å². The minimum absolute atomic E-state index is 0.261. The monoisotopic (exact) mass is 280 g/mol. The summed E-state index contributed by atoms with van der Waals surface area (Å²) >= 11 is 0. The normalized spacial score (nSPS) is 10.3. The summed E-state index contributed by atoms with van der Waals surface area (Å²) in [6.45, 7) is 4.73. The average molecular weight is 280 g/mol. The van der Waals surface area contributed by atoms with Gasteiger partial charge in [-0.05, 0) is 26.2 Å². The van der Waals surface area contributed by atoms with Crippen molar-refractivity contribution in [3.63, 3.8) is 0 Å². The van der Waals surface area contributed by atoms with Crippen LogP contribution in [0, 0.1) is 6.92 Å². The van der Waals surface area contributed by atoms with E-state index in [-0.39, 0.29) is 5.91 Å². The molecule has 0 aromatic carbocycles. The van der Waals surface area contributed by atoms with E-state index in [1.54, 1.807) is 0 Å². The minimum Gasteiger partial charge on any atom is -0.370 e. The highest BCUT2D eigenvalue weighted by atomic mass is 16.1. The van der Waals surface area contributed by atoms with Gasteiger partial charge in [0.15, 0.2) is 0 Å². The van der Waals surface area contributed by atoms with Crippen LogP contribution in [0.1, 0.15) is 44.0 Å². The maximum atomic E-state index is 10.6. The van der Waals surface area contributed by atoms with Gasteiger partial charge in [-0.25, -0.2) is 15.8 Å². The molecule has 0 unspecified atom stereocenters. The molecule has 7 heteroatoms. The molecule has 0 aliphatic heterocycles. The number of nitrogens with two attached hydrogens (primary N) is 2. The van der Waals surface area contributed by atoms with Gasteiger partial charge in [0.05, 0.1) is 0 Å². The van der Waals surface area contributed by atoms with E-state index >= 15 is 0 Å². The number of amides is 1. The number of nitrogens with zero attached hydrogens (tertiary/aromatic N) is 2. The van der Waals surface area contributed by atoms with Crippen LogP contribution in [0.25, 0.3) is 0 Å². The van der Waals surface area contributed by atoms with E-state index in [1.165, 1.54) is 0 Å². The Morgan fingerprint density at radius 2 is 1.95 bits per heavy atom. The number of hydrogen-bond acceptors (Lipinski definition) is 6. The highest BCUT2D eigenvalue weighted by Gasteiger charge is 2.09. The number of carbonyl (C=O) groups excluding carboxylic acids is 1. The van der Waals surface area contributed by atoms with Crippen LogP contribution in [0.5, 0.6) is 0 Å². The largest absolute Gasteiger partial charge is 0.370 e. The first kappa shape index (κ1) is 16.2. The fourth-order valence-electron chi connectivity index (χ4n) is 1.84. The van der Waals surface area contributed by atoms with Gasteiger partial charge in [0.25, 0.3) is 0 Å². The van der Waals surface area contributed by atoms with Crippen molar-refractivity contribution in [1.29, 1.82) is 0 Å². The number of unbranched alkanes of at least 4 members (excludes halogenated alkanes) is 1. The molecule has 0 saturated heterocycles. The lowest BCUT2D eigenvalue weighted by Gasteiger charge is -2.13. The number of aryl methyl sites for hydroxylation is 1. The van der Waals surface area contributed by atoms with Gasteiger partial charge in [0.2, 0.25) is 5.91 Å². The van der Waals surface area contributed by atoms with Crippen molar-refractivity contribution < 1.29 is 4.79 Å². The van der Waals surface area contributed by atoms with Crippen molar-refractivity contribution in [3.05, 3.63) is 11.4 Å². The van der Waals surface area contributed by atoms with Gasteiger partial charge in [0.1, 0.15) is 17.5 Å². The predicted octanol–water partition coefficient (Wildman–Crippen LogP) is 1.09. The quantitative estimate of drug-likeness (QED) is 0.305. The van der Waals surface area contributed by atoms with Gasteiger partial charge in [0, 0.05) is 24.9 Å². The highest BCUT2D eigenvalue weighted by molar-refractivity contribution is 5.73. The first-order valence-corrected chi connectivity index (χ1v) is 6.94. The van der Waals surface area contributed by atoms with Crippen LogP contribution in [0.15, 0.2) is 0 Å². The number of nitrogens with one attached hydrogen (secondary N) is 2. The molecular weight excluding hydrogens is 256 g/mol. The summed E-state index contributed by atoms with van der Waals surface area (Å²) < 4.78 is 0. The van der Waals surface area contributed by atoms with E-state index in [9.17, 15) is 4.79 Å². The summed E-state index contributed by atoms with van der Waals surface area (Å²) in [7, 11) is 0. The van der Waals surface area contributed by atoms with E-state index in [4.69, 9.17) is 11.6 Å². The molecule has 1 aromatic heterocycles. The lowest BCUT2D eigenvalue weighted by molar-refractivity contribution is -0.118. The third-order valence-corrected chi connectivity index (χ3v) is 2.94.